The lowest BCUT2D eigenvalue weighted by molar-refractivity contribution is 0.00644. The van der Waals surface area contributed by atoms with Gasteiger partial charge in [-0.15, -0.1) is 0 Å². The van der Waals surface area contributed by atoms with Crippen molar-refractivity contribution in [1.29, 1.82) is 0 Å². The van der Waals surface area contributed by atoms with E-state index >= 15 is 4.39 Å². The van der Waals surface area contributed by atoms with Gasteiger partial charge in [0.05, 0.1) is 18.2 Å². The number of hydrogen-bond donors (Lipinski definition) is 0. The molecule has 1 saturated heterocycles. The number of esters is 1. The quantitative estimate of drug-likeness (QED) is 0.248. The average molecular weight is 585 g/mol. The maximum absolute atomic E-state index is 15.0. The molecule has 0 aromatic heterocycles. The number of piperidine rings is 1. The molecule has 1 aliphatic carbocycles. The third kappa shape index (κ3) is 7.18. The highest BCUT2D eigenvalue weighted by molar-refractivity contribution is 6.30. The lowest BCUT2D eigenvalue weighted by Gasteiger charge is -2.38. The fourth-order valence-electron chi connectivity index (χ4n) is 5.39. The zero-order chi connectivity index (χ0) is 28.4. The first kappa shape index (κ1) is 28.9. The Morgan fingerprint density at radius 3 is 1.98 bits per heavy atom. The number of likely N-dealkylation sites (tertiary alicyclic amines) is 1. The van der Waals surface area contributed by atoms with Gasteiger partial charge in [-0.05, 0) is 118 Å². The Kier molecular flexibility index (Phi) is 8.75. The monoisotopic (exact) mass is 583 g/mol. The number of rotatable bonds is 8. The number of halogens is 3. The SMILES string of the molecule is CC(C)(C)OC(=O)c1cc(C2CC2)c(OCC2CCN(C(c3ccc(Cl)cc3)c3ccc(Cl)cc3)CC2)cc1F. The molecule has 5 rings (SSSR count). The smallest absolute Gasteiger partial charge is 0.341 e. The Labute approximate surface area is 246 Å². The molecule has 4 nitrogen and oxygen atoms in total. The van der Waals surface area contributed by atoms with Crippen LogP contribution in [0.25, 0.3) is 0 Å². The molecule has 0 spiro atoms. The summed E-state index contributed by atoms with van der Waals surface area (Å²) in [4.78, 5) is 15.1. The number of hydrogen-bond acceptors (Lipinski definition) is 4. The fraction of sp³-hybridized carbons (Fsp3) is 0.424. The van der Waals surface area contributed by atoms with E-state index in [1.807, 2.05) is 24.3 Å². The molecule has 3 aromatic rings. The van der Waals surface area contributed by atoms with Crippen molar-refractivity contribution < 1.29 is 18.7 Å². The molecule has 0 N–H and O–H groups in total. The average Bonchev–Trinajstić information content (AvgIpc) is 3.75. The summed E-state index contributed by atoms with van der Waals surface area (Å²) in [5.41, 5.74) is 2.58. The van der Waals surface area contributed by atoms with Crippen LogP contribution in [0, 0.1) is 11.7 Å². The molecule has 0 unspecified atom stereocenters. The van der Waals surface area contributed by atoms with Crippen LogP contribution in [0.1, 0.15) is 85.5 Å². The van der Waals surface area contributed by atoms with E-state index in [0.29, 0.717) is 24.2 Å². The summed E-state index contributed by atoms with van der Waals surface area (Å²) in [7, 11) is 0. The first-order valence-corrected chi connectivity index (χ1v) is 14.8. The largest absolute Gasteiger partial charge is 0.493 e. The zero-order valence-electron chi connectivity index (χ0n) is 23.3. The van der Waals surface area contributed by atoms with Crippen LogP contribution in [-0.2, 0) is 4.74 Å². The van der Waals surface area contributed by atoms with Crippen molar-refractivity contribution in [3.63, 3.8) is 0 Å². The standard InChI is InChI=1S/C33H36Cl2FNO3/c1-33(2,3)40-32(38)28-18-27(22-4-5-22)30(19-29(28)36)39-20-21-14-16-37(17-15-21)31(23-6-10-25(34)11-7-23)24-8-12-26(35)13-9-24/h6-13,18-19,21-22,31H,4-5,14-17,20H2,1-3H3. The fourth-order valence-corrected chi connectivity index (χ4v) is 5.64. The van der Waals surface area contributed by atoms with Gasteiger partial charge in [-0.25, -0.2) is 9.18 Å². The molecule has 0 atom stereocenters. The lowest BCUT2D eigenvalue weighted by atomic mass is 9.91. The second kappa shape index (κ2) is 12.1. The minimum Gasteiger partial charge on any atom is -0.493 e. The second-order valence-electron chi connectivity index (χ2n) is 11.9. The van der Waals surface area contributed by atoms with Crippen molar-refractivity contribution in [2.45, 2.75) is 64.0 Å². The predicted molar refractivity (Wildman–Crippen MR) is 158 cm³/mol. The normalized spacial score (nSPS) is 16.8. The van der Waals surface area contributed by atoms with E-state index in [-0.39, 0.29) is 11.6 Å². The van der Waals surface area contributed by atoms with Gasteiger partial charge in [-0.2, -0.15) is 0 Å². The predicted octanol–water partition coefficient (Wildman–Crippen LogP) is 8.85. The number of carbonyl (C=O) groups excluding carboxylic acids is 1. The Morgan fingerprint density at radius 1 is 0.925 bits per heavy atom. The summed E-state index contributed by atoms with van der Waals surface area (Å²) in [6, 6.07) is 19.2. The highest BCUT2D eigenvalue weighted by Gasteiger charge is 2.32. The Balaban J connectivity index is 1.26. The van der Waals surface area contributed by atoms with Gasteiger partial charge in [-0.1, -0.05) is 47.5 Å². The van der Waals surface area contributed by atoms with Gasteiger partial charge in [0.2, 0.25) is 0 Å². The molecule has 212 valence electrons. The number of benzene rings is 3. The van der Waals surface area contributed by atoms with Gasteiger partial charge in [-0.3, -0.25) is 4.90 Å². The van der Waals surface area contributed by atoms with E-state index in [1.165, 1.54) is 17.2 Å². The third-order valence-electron chi connectivity index (χ3n) is 7.60. The van der Waals surface area contributed by atoms with Crippen molar-refractivity contribution in [1.82, 2.24) is 4.90 Å². The van der Waals surface area contributed by atoms with Crippen molar-refractivity contribution >= 4 is 29.2 Å². The third-order valence-corrected chi connectivity index (χ3v) is 8.10. The van der Waals surface area contributed by atoms with E-state index in [2.05, 4.69) is 29.2 Å². The number of ether oxygens (including phenoxy) is 2. The van der Waals surface area contributed by atoms with E-state index in [4.69, 9.17) is 32.7 Å². The minimum atomic E-state index is -0.687. The van der Waals surface area contributed by atoms with Crippen LogP contribution in [0.15, 0.2) is 60.7 Å². The van der Waals surface area contributed by atoms with Gasteiger partial charge in [0.15, 0.2) is 0 Å². The molecule has 1 saturated carbocycles. The van der Waals surface area contributed by atoms with Crippen molar-refractivity contribution in [2.24, 2.45) is 5.92 Å². The molecule has 0 radical (unpaired) electrons. The van der Waals surface area contributed by atoms with Gasteiger partial charge >= 0.3 is 5.97 Å². The highest BCUT2D eigenvalue weighted by atomic mass is 35.5. The van der Waals surface area contributed by atoms with Crippen LogP contribution in [0.2, 0.25) is 10.0 Å². The molecule has 2 aliphatic rings. The molecule has 1 heterocycles. The Morgan fingerprint density at radius 2 is 1.48 bits per heavy atom. The highest BCUT2D eigenvalue weighted by Crippen LogP contribution is 2.45. The topological polar surface area (TPSA) is 38.8 Å². The Bertz CT molecular complexity index is 1280. The molecule has 7 heteroatoms. The maximum atomic E-state index is 15.0. The molecule has 2 fully saturated rings. The molecule has 3 aromatic carbocycles. The van der Waals surface area contributed by atoms with Crippen LogP contribution in [0.5, 0.6) is 5.75 Å². The first-order chi connectivity index (χ1) is 19.1. The maximum Gasteiger partial charge on any atom is 0.341 e. The Hall–Kier alpha value is -2.60. The van der Waals surface area contributed by atoms with Crippen LogP contribution >= 0.6 is 23.2 Å². The van der Waals surface area contributed by atoms with Gasteiger partial charge < -0.3 is 9.47 Å². The summed E-state index contributed by atoms with van der Waals surface area (Å²) < 4.78 is 26.7. The van der Waals surface area contributed by atoms with Gasteiger partial charge in [0.25, 0.3) is 0 Å². The number of nitrogens with zero attached hydrogens (tertiary/aromatic N) is 1. The van der Waals surface area contributed by atoms with Crippen LogP contribution in [-0.4, -0.2) is 36.2 Å². The zero-order valence-corrected chi connectivity index (χ0v) is 24.8. The minimum absolute atomic E-state index is 0.0204. The van der Waals surface area contributed by atoms with Crippen LogP contribution < -0.4 is 4.74 Å². The summed E-state index contributed by atoms with van der Waals surface area (Å²) in [5, 5.41) is 1.44. The van der Waals surface area contributed by atoms with E-state index in [1.54, 1.807) is 26.8 Å². The molecule has 40 heavy (non-hydrogen) atoms. The van der Waals surface area contributed by atoms with E-state index in [0.717, 1.165) is 54.4 Å². The molecule has 1 aliphatic heterocycles. The van der Waals surface area contributed by atoms with Crippen molar-refractivity contribution in [3.05, 3.63) is 98.8 Å². The molecular weight excluding hydrogens is 548 g/mol. The van der Waals surface area contributed by atoms with Crippen molar-refractivity contribution in [2.75, 3.05) is 19.7 Å². The second-order valence-corrected chi connectivity index (χ2v) is 12.8. The summed E-state index contributed by atoms with van der Waals surface area (Å²) in [6.45, 7) is 7.67. The van der Waals surface area contributed by atoms with Crippen LogP contribution in [0.4, 0.5) is 4.39 Å². The van der Waals surface area contributed by atoms with Crippen LogP contribution in [0.3, 0.4) is 0 Å². The summed E-state index contributed by atoms with van der Waals surface area (Å²) >= 11 is 12.4. The summed E-state index contributed by atoms with van der Waals surface area (Å²) in [6.07, 6.45) is 3.97. The van der Waals surface area contributed by atoms with Gasteiger partial charge in [0, 0.05) is 16.1 Å². The van der Waals surface area contributed by atoms with E-state index < -0.39 is 17.4 Å². The molecule has 0 bridgehead atoms. The van der Waals surface area contributed by atoms with Gasteiger partial charge in [0.1, 0.15) is 17.2 Å². The summed E-state index contributed by atoms with van der Waals surface area (Å²) in [5.74, 6) is -0.0277. The molecule has 0 amide bonds. The number of carbonyl (C=O) groups is 1. The molecular formula is C33H36Cl2FNO3. The lowest BCUT2D eigenvalue weighted by Crippen LogP contribution is -2.38. The van der Waals surface area contributed by atoms with Crippen molar-refractivity contribution in [3.8, 4) is 5.75 Å². The van der Waals surface area contributed by atoms with E-state index in [9.17, 15) is 4.79 Å². The first-order valence-electron chi connectivity index (χ1n) is 14.0.